The molecular formula is C20H19N3O6S. The van der Waals surface area contributed by atoms with Gasteiger partial charge in [0, 0.05) is 18.2 Å². The molecule has 0 spiro atoms. The first-order valence-corrected chi connectivity index (χ1v) is 10.3. The van der Waals surface area contributed by atoms with Gasteiger partial charge in [0.1, 0.15) is 5.75 Å². The summed E-state index contributed by atoms with van der Waals surface area (Å²) in [5.41, 5.74) is 1.71. The third-order valence-corrected chi connectivity index (χ3v) is 5.54. The van der Waals surface area contributed by atoms with E-state index in [0.29, 0.717) is 16.9 Å². The number of sulfonamides is 1. The normalized spacial score (nSPS) is 11.0. The Morgan fingerprint density at radius 1 is 1.03 bits per heavy atom. The molecule has 3 rings (SSSR count). The summed E-state index contributed by atoms with van der Waals surface area (Å²) in [5, 5.41) is 6.35. The Balaban J connectivity index is 1.75. The van der Waals surface area contributed by atoms with Crippen LogP contribution in [0.3, 0.4) is 0 Å². The molecule has 1 amide bonds. The zero-order valence-electron chi connectivity index (χ0n) is 16.4. The smallest absolute Gasteiger partial charge is 0.308 e. The van der Waals surface area contributed by atoms with Gasteiger partial charge in [0.2, 0.25) is 5.88 Å². The van der Waals surface area contributed by atoms with Crippen LogP contribution in [0.4, 0.5) is 11.6 Å². The first-order chi connectivity index (χ1) is 14.2. The Morgan fingerprint density at radius 3 is 2.30 bits per heavy atom. The van der Waals surface area contributed by atoms with Gasteiger partial charge in [-0.05, 0) is 50.2 Å². The van der Waals surface area contributed by atoms with Crippen molar-refractivity contribution in [3.05, 3.63) is 65.4 Å². The number of carbonyl (C=O) groups is 2. The number of anilines is 2. The third kappa shape index (κ3) is 4.66. The monoisotopic (exact) mass is 429 g/mol. The highest BCUT2D eigenvalue weighted by Gasteiger charge is 2.19. The average Bonchev–Trinajstić information content (AvgIpc) is 3.00. The number of amides is 1. The van der Waals surface area contributed by atoms with Crippen LogP contribution in [0.2, 0.25) is 0 Å². The summed E-state index contributed by atoms with van der Waals surface area (Å²) in [6, 6.07) is 11.9. The van der Waals surface area contributed by atoms with Gasteiger partial charge in [-0.3, -0.25) is 9.59 Å². The lowest BCUT2D eigenvalue weighted by Crippen LogP contribution is -2.15. The number of nitrogens with one attached hydrogen (secondary N) is 2. The standard InChI is InChI=1S/C20H19N3O6S/c1-12-13(2)22-29-20(12)23-30(26,27)16-10-8-15(9-11-16)21-19(25)17-6-4-5-7-18(17)28-14(3)24/h4-11,23H,1-3H3,(H,21,25). The van der Waals surface area contributed by atoms with Crippen LogP contribution in [-0.2, 0) is 14.8 Å². The number of hydrogen-bond acceptors (Lipinski definition) is 7. The minimum atomic E-state index is -3.89. The predicted octanol–water partition coefficient (Wildman–Crippen LogP) is 3.27. The van der Waals surface area contributed by atoms with E-state index in [4.69, 9.17) is 9.26 Å². The van der Waals surface area contributed by atoms with Crippen LogP contribution in [0.1, 0.15) is 28.5 Å². The maximum Gasteiger partial charge on any atom is 0.308 e. The van der Waals surface area contributed by atoms with Gasteiger partial charge in [0.15, 0.2) is 0 Å². The van der Waals surface area contributed by atoms with Crippen LogP contribution in [0.15, 0.2) is 57.9 Å². The highest BCUT2D eigenvalue weighted by Crippen LogP contribution is 2.24. The molecule has 156 valence electrons. The maximum atomic E-state index is 12.5. The first kappa shape index (κ1) is 21.1. The lowest BCUT2D eigenvalue weighted by atomic mass is 10.2. The number of para-hydroxylation sites is 1. The van der Waals surface area contributed by atoms with Gasteiger partial charge in [-0.1, -0.05) is 17.3 Å². The van der Waals surface area contributed by atoms with Crippen molar-refractivity contribution in [2.75, 3.05) is 10.0 Å². The fourth-order valence-corrected chi connectivity index (χ4v) is 3.55. The molecule has 0 unspecified atom stereocenters. The SMILES string of the molecule is CC(=O)Oc1ccccc1C(=O)Nc1ccc(S(=O)(=O)Nc2onc(C)c2C)cc1. The van der Waals surface area contributed by atoms with Gasteiger partial charge >= 0.3 is 5.97 Å². The number of carbonyl (C=O) groups excluding carboxylic acids is 2. The van der Waals surface area contributed by atoms with Gasteiger partial charge in [-0.2, -0.15) is 0 Å². The number of esters is 1. The minimum absolute atomic E-state index is 0.0192. The summed E-state index contributed by atoms with van der Waals surface area (Å²) in [7, 11) is -3.89. The molecule has 1 aromatic heterocycles. The number of rotatable bonds is 6. The summed E-state index contributed by atoms with van der Waals surface area (Å²) in [6.45, 7) is 4.63. The van der Waals surface area contributed by atoms with E-state index in [9.17, 15) is 18.0 Å². The molecule has 0 aliphatic carbocycles. The van der Waals surface area contributed by atoms with E-state index in [0.717, 1.165) is 0 Å². The quantitative estimate of drug-likeness (QED) is 0.455. The number of hydrogen-bond donors (Lipinski definition) is 2. The van der Waals surface area contributed by atoms with Crippen LogP contribution < -0.4 is 14.8 Å². The van der Waals surface area contributed by atoms with Crippen LogP contribution in [-0.4, -0.2) is 25.5 Å². The van der Waals surface area contributed by atoms with Gasteiger partial charge in [0.25, 0.3) is 15.9 Å². The summed E-state index contributed by atoms with van der Waals surface area (Å²) < 4.78 is 37.4. The molecule has 0 saturated heterocycles. The summed E-state index contributed by atoms with van der Waals surface area (Å²) in [6.07, 6.45) is 0. The van der Waals surface area contributed by atoms with Gasteiger partial charge in [-0.15, -0.1) is 0 Å². The summed E-state index contributed by atoms with van der Waals surface area (Å²) in [5.74, 6) is -0.876. The lowest BCUT2D eigenvalue weighted by molar-refractivity contribution is -0.131. The maximum absolute atomic E-state index is 12.5. The van der Waals surface area contributed by atoms with E-state index in [1.165, 1.54) is 43.3 Å². The highest BCUT2D eigenvalue weighted by molar-refractivity contribution is 7.92. The molecule has 0 radical (unpaired) electrons. The summed E-state index contributed by atoms with van der Waals surface area (Å²) >= 11 is 0. The second-order valence-corrected chi connectivity index (χ2v) is 8.08. The van der Waals surface area contributed by atoms with E-state index in [2.05, 4.69) is 15.2 Å². The van der Waals surface area contributed by atoms with Gasteiger partial charge in [0.05, 0.1) is 16.2 Å². The number of nitrogens with zero attached hydrogens (tertiary/aromatic N) is 1. The van der Waals surface area contributed by atoms with Gasteiger partial charge < -0.3 is 14.6 Å². The Kier molecular flexibility index (Phi) is 5.88. The van der Waals surface area contributed by atoms with Crippen molar-refractivity contribution in [1.29, 1.82) is 0 Å². The number of ether oxygens (including phenoxy) is 1. The molecule has 0 atom stereocenters. The molecule has 0 bridgehead atoms. The Bertz CT molecular complexity index is 1200. The largest absolute Gasteiger partial charge is 0.426 e. The van der Waals surface area contributed by atoms with Crippen molar-refractivity contribution >= 4 is 33.5 Å². The van der Waals surface area contributed by atoms with Crippen molar-refractivity contribution in [1.82, 2.24) is 5.16 Å². The van der Waals surface area contributed by atoms with Crippen molar-refractivity contribution in [2.24, 2.45) is 0 Å². The summed E-state index contributed by atoms with van der Waals surface area (Å²) in [4.78, 5) is 23.7. The molecule has 10 heteroatoms. The molecule has 2 aromatic carbocycles. The molecule has 30 heavy (non-hydrogen) atoms. The zero-order valence-corrected chi connectivity index (χ0v) is 17.2. The lowest BCUT2D eigenvalue weighted by Gasteiger charge is -2.10. The molecule has 2 N–H and O–H groups in total. The molecule has 0 aliphatic rings. The zero-order chi connectivity index (χ0) is 21.9. The third-order valence-electron chi connectivity index (χ3n) is 4.19. The Morgan fingerprint density at radius 2 is 1.70 bits per heavy atom. The molecule has 9 nitrogen and oxygen atoms in total. The highest BCUT2D eigenvalue weighted by atomic mass is 32.2. The number of benzene rings is 2. The van der Waals surface area contributed by atoms with Crippen molar-refractivity contribution < 1.29 is 27.3 Å². The number of aryl methyl sites for hydroxylation is 1. The van der Waals surface area contributed by atoms with E-state index in [-0.39, 0.29) is 22.1 Å². The fourth-order valence-electron chi connectivity index (χ4n) is 2.51. The topological polar surface area (TPSA) is 128 Å². The van der Waals surface area contributed by atoms with E-state index in [1.54, 1.807) is 26.0 Å². The van der Waals surface area contributed by atoms with E-state index < -0.39 is 21.9 Å². The Hall–Kier alpha value is -3.66. The van der Waals surface area contributed by atoms with Crippen LogP contribution in [0.5, 0.6) is 5.75 Å². The van der Waals surface area contributed by atoms with E-state index in [1.807, 2.05) is 0 Å². The van der Waals surface area contributed by atoms with Crippen molar-refractivity contribution in [3.63, 3.8) is 0 Å². The molecule has 3 aromatic rings. The van der Waals surface area contributed by atoms with Crippen molar-refractivity contribution in [3.8, 4) is 5.75 Å². The van der Waals surface area contributed by atoms with Crippen molar-refractivity contribution in [2.45, 2.75) is 25.7 Å². The van der Waals surface area contributed by atoms with Crippen LogP contribution >= 0.6 is 0 Å². The molecule has 1 heterocycles. The second-order valence-electron chi connectivity index (χ2n) is 6.40. The average molecular weight is 429 g/mol. The van der Waals surface area contributed by atoms with Crippen LogP contribution in [0, 0.1) is 13.8 Å². The molecule has 0 aliphatic heterocycles. The van der Waals surface area contributed by atoms with E-state index >= 15 is 0 Å². The van der Waals surface area contributed by atoms with Gasteiger partial charge in [-0.25, -0.2) is 13.1 Å². The second kappa shape index (κ2) is 8.37. The first-order valence-electron chi connectivity index (χ1n) is 8.82. The molecular weight excluding hydrogens is 410 g/mol. The predicted molar refractivity (Wildman–Crippen MR) is 109 cm³/mol. The van der Waals surface area contributed by atoms with Crippen LogP contribution in [0.25, 0.3) is 0 Å². The fraction of sp³-hybridized carbons (Fsp3) is 0.150. The minimum Gasteiger partial charge on any atom is -0.426 e. The number of aromatic nitrogens is 1. The molecule has 0 saturated carbocycles. The Labute approximate surface area is 173 Å². The molecule has 0 fully saturated rings.